The topological polar surface area (TPSA) is 81.0 Å². The number of carbonyl (C=O) groups excluding carboxylic acids is 1. The smallest absolute Gasteiger partial charge is 0.176 e. The first-order valence-electron chi connectivity index (χ1n) is 6.32. The minimum Gasteiger partial charge on any atom is -0.492 e. The summed E-state index contributed by atoms with van der Waals surface area (Å²) in [6, 6.07) is 4.69. The SMILES string of the molecule is COc1c(C=O)nc(-c2ccc3cc[nH]c3c2F)c(F)c1N. The second-order valence-corrected chi connectivity index (χ2v) is 4.59. The van der Waals surface area contributed by atoms with Crippen molar-refractivity contribution in [3.63, 3.8) is 0 Å². The zero-order chi connectivity index (χ0) is 15.9. The highest BCUT2D eigenvalue weighted by Crippen LogP contribution is 2.35. The summed E-state index contributed by atoms with van der Waals surface area (Å²) in [6.07, 6.45) is 1.95. The highest BCUT2D eigenvalue weighted by Gasteiger charge is 2.22. The van der Waals surface area contributed by atoms with Crippen LogP contribution in [0.1, 0.15) is 10.5 Å². The Kier molecular flexibility index (Phi) is 3.25. The molecule has 0 fully saturated rings. The second kappa shape index (κ2) is 5.10. The van der Waals surface area contributed by atoms with E-state index in [9.17, 15) is 13.6 Å². The van der Waals surface area contributed by atoms with Crippen LogP contribution in [0.5, 0.6) is 5.75 Å². The van der Waals surface area contributed by atoms with Gasteiger partial charge in [0.1, 0.15) is 17.1 Å². The van der Waals surface area contributed by atoms with Crippen molar-refractivity contribution in [1.82, 2.24) is 9.97 Å². The summed E-state index contributed by atoms with van der Waals surface area (Å²) in [5.41, 5.74) is 4.83. The van der Waals surface area contributed by atoms with Gasteiger partial charge in [-0.05, 0) is 12.1 Å². The third-order valence-electron chi connectivity index (χ3n) is 3.39. The number of nitrogens with two attached hydrogens (primary N) is 1. The molecule has 22 heavy (non-hydrogen) atoms. The number of nitrogens with one attached hydrogen (secondary N) is 1. The average Bonchev–Trinajstić information content (AvgIpc) is 3.00. The van der Waals surface area contributed by atoms with E-state index in [1.54, 1.807) is 18.3 Å². The number of carbonyl (C=O) groups is 1. The number of aromatic amines is 1. The van der Waals surface area contributed by atoms with Crippen molar-refractivity contribution in [2.75, 3.05) is 12.8 Å². The van der Waals surface area contributed by atoms with E-state index in [0.717, 1.165) is 0 Å². The van der Waals surface area contributed by atoms with E-state index in [0.29, 0.717) is 11.7 Å². The Balaban J connectivity index is 2.32. The lowest BCUT2D eigenvalue weighted by atomic mass is 10.1. The molecule has 2 heterocycles. The van der Waals surface area contributed by atoms with Crippen LogP contribution in [0.25, 0.3) is 22.2 Å². The quantitative estimate of drug-likeness (QED) is 0.729. The van der Waals surface area contributed by atoms with Crippen molar-refractivity contribution < 1.29 is 18.3 Å². The molecule has 0 saturated carbocycles. The van der Waals surface area contributed by atoms with Gasteiger partial charge in [0.25, 0.3) is 0 Å². The molecule has 1 aromatic carbocycles. The molecule has 3 aromatic rings. The van der Waals surface area contributed by atoms with Crippen LogP contribution in [0.3, 0.4) is 0 Å². The number of halogens is 2. The monoisotopic (exact) mass is 303 g/mol. The molecule has 3 rings (SSSR count). The van der Waals surface area contributed by atoms with Gasteiger partial charge in [-0.3, -0.25) is 4.79 Å². The molecule has 0 saturated heterocycles. The molecule has 0 atom stereocenters. The van der Waals surface area contributed by atoms with Crippen LogP contribution in [-0.2, 0) is 0 Å². The number of aromatic nitrogens is 2. The van der Waals surface area contributed by atoms with E-state index in [-0.39, 0.29) is 33.9 Å². The Hall–Kier alpha value is -2.96. The number of benzene rings is 1. The lowest BCUT2D eigenvalue weighted by molar-refractivity contribution is 0.111. The van der Waals surface area contributed by atoms with Gasteiger partial charge in [-0.25, -0.2) is 13.8 Å². The van der Waals surface area contributed by atoms with Crippen molar-refractivity contribution in [3.05, 3.63) is 41.7 Å². The van der Waals surface area contributed by atoms with E-state index >= 15 is 0 Å². The molecule has 0 amide bonds. The van der Waals surface area contributed by atoms with Gasteiger partial charge in [0.2, 0.25) is 0 Å². The molecule has 7 heteroatoms. The predicted molar refractivity (Wildman–Crippen MR) is 77.8 cm³/mol. The molecule has 0 aliphatic carbocycles. The number of pyridine rings is 1. The van der Waals surface area contributed by atoms with E-state index in [4.69, 9.17) is 10.5 Å². The first-order valence-corrected chi connectivity index (χ1v) is 6.32. The number of nitrogens with zero attached hydrogens (tertiary/aromatic N) is 1. The molecule has 2 aromatic heterocycles. The number of nitrogen functional groups attached to an aromatic ring is 1. The number of rotatable bonds is 3. The predicted octanol–water partition coefficient (Wildman–Crippen LogP) is 2.91. The number of ether oxygens (including phenoxy) is 1. The average molecular weight is 303 g/mol. The lowest BCUT2D eigenvalue weighted by Gasteiger charge is -2.12. The number of hydrogen-bond donors (Lipinski definition) is 2. The molecule has 3 N–H and O–H groups in total. The van der Waals surface area contributed by atoms with Crippen LogP contribution in [-0.4, -0.2) is 23.4 Å². The summed E-state index contributed by atoms with van der Waals surface area (Å²) in [5.74, 6) is -1.78. The van der Waals surface area contributed by atoms with Gasteiger partial charge in [0.05, 0.1) is 12.6 Å². The summed E-state index contributed by atoms with van der Waals surface area (Å²) in [6.45, 7) is 0. The molecule has 0 aliphatic heterocycles. The summed E-state index contributed by atoms with van der Waals surface area (Å²) >= 11 is 0. The summed E-state index contributed by atoms with van der Waals surface area (Å²) in [5, 5.41) is 0.638. The first kappa shape index (κ1) is 14.0. The standard InChI is InChI=1S/C15H11F2N3O2/c1-22-15-9(6-21)20-14(11(17)12(15)18)8-3-2-7-4-5-19-13(7)10(8)16/h2-6,19H,1H3,(H2,18,20). The minimum absolute atomic E-state index is 0.0927. The van der Waals surface area contributed by atoms with Gasteiger partial charge in [-0.15, -0.1) is 0 Å². The van der Waals surface area contributed by atoms with E-state index < -0.39 is 11.6 Å². The summed E-state index contributed by atoms with van der Waals surface area (Å²) in [4.78, 5) is 17.6. The molecule has 0 aliphatic rings. The highest BCUT2D eigenvalue weighted by atomic mass is 19.1. The van der Waals surface area contributed by atoms with Crippen LogP contribution >= 0.6 is 0 Å². The Bertz CT molecular complexity index is 890. The van der Waals surface area contributed by atoms with Crippen molar-refractivity contribution in [1.29, 1.82) is 0 Å². The Morgan fingerprint density at radius 2 is 2.05 bits per heavy atom. The van der Waals surface area contributed by atoms with E-state index in [1.807, 2.05) is 0 Å². The summed E-state index contributed by atoms with van der Waals surface area (Å²) in [7, 11) is 1.24. The number of anilines is 1. The number of aldehydes is 1. The number of hydrogen-bond acceptors (Lipinski definition) is 4. The molecule has 112 valence electrons. The maximum Gasteiger partial charge on any atom is 0.176 e. The fraction of sp³-hybridized carbons (Fsp3) is 0.0667. The Morgan fingerprint density at radius 1 is 1.27 bits per heavy atom. The van der Waals surface area contributed by atoms with Crippen LogP contribution < -0.4 is 10.5 Å². The Labute approximate surface area is 123 Å². The lowest BCUT2D eigenvalue weighted by Crippen LogP contribution is -2.06. The number of H-pyrrole nitrogens is 1. The fourth-order valence-electron chi connectivity index (χ4n) is 2.33. The molecular weight excluding hydrogens is 292 g/mol. The minimum atomic E-state index is -0.938. The van der Waals surface area contributed by atoms with Gasteiger partial charge < -0.3 is 15.5 Å². The van der Waals surface area contributed by atoms with Crippen molar-refractivity contribution in [2.45, 2.75) is 0 Å². The first-order chi connectivity index (χ1) is 10.6. The third-order valence-corrected chi connectivity index (χ3v) is 3.39. The van der Waals surface area contributed by atoms with Gasteiger partial charge >= 0.3 is 0 Å². The molecule has 0 bridgehead atoms. The van der Waals surface area contributed by atoms with Gasteiger partial charge in [-0.2, -0.15) is 0 Å². The molecule has 0 spiro atoms. The zero-order valence-corrected chi connectivity index (χ0v) is 11.5. The molecular formula is C15H11F2N3O2. The third kappa shape index (κ3) is 1.90. The van der Waals surface area contributed by atoms with Gasteiger partial charge in [0.15, 0.2) is 23.7 Å². The van der Waals surface area contributed by atoms with Crippen LogP contribution in [0.2, 0.25) is 0 Å². The normalized spacial score (nSPS) is 10.9. The van der Waals surface area contributed by atoms with Gasteiger partial charge in [-0.1, -0.05) is 6.07 Å². The van der Waals surface area contributed by atoms with Gasteiger partial charge in [0, 0.05) is 17.1 Å². The van der Waals surface area contributed by atoms with Crippen molar-refractivity contribution in [3.8, 4) is 17.0 Å². The second-order valence-electron chi connectivity index (χ2n) is 4.59. The van der Waals surface area contributed by atoms with Crippen molar-refractivity contribution in [2.24, 2.45) is 0 Å². The van der Waals surface area contributed by atoms with Crippen molar-refractivity contribution >= 4 is 22.9 Å². The van der Waals surface area contributed by atoms with Crippen LogP contribution in [0.15, 0.2) is 24.4 Å². The van der Waals surface area contributed by atoms with E-state index in [1.165, 1.54) is 13.2 Å². The molecule has 5 nitrogen and oxygen atoms in total. The fourth-order valence-corrected chi connectivity index (χ4v) is 2.33. The maximum absolute atomic E-state index is 14.5. The highest BCUT2D eigenvalue weighted by molar-refractivity contribution is 5.88. The van der Waals surface area contributed by atoms with Crippen LogP contribution in [0, 0.1) is 11.6 Å². The van der Waals surface area contributed by atoms with E-state index in [2.05, 4.69) is 9.97 Å². The largest absolute Gasteiger partial charge is 0.492 e. The Morgan fingerprint density at radius 3 is 2.73 bits per heavy atom. The molecule has 0 unspecified atom stereocenters. The number of fused-ring (bicyclic) bond motifs is 1. The van der Waals surface area contributed by atoms with Crippen LogP contribution in [0.4, 0.5) is 14.5 Å². The zero-order valence-electron chi connectivity index (χ0n) is 11.5. The number of methoxy groups -OCH3 is 1. The maximum atomic E-state index is 14.5. The molecule has 0 radical (unpaired) electrons. The summed E-state index contributed by atoms with van der Waals surface area (Å²) < 4.78 is 33.8.